The van der Waals surface area contributed by atoms with Gasteiger partial charge >= 0.3 is 12.4 Å². The molecule has 1 rings (SSSR count). The summed E-state index contributed by atoms with van der Waals surface area (Å²) in [7, 11) is 0. The highest BCUT2D eigenvalue weighted by Crippen LogP contribution is 2.15. The van der Waals surface area contributed by atoms with Gasteiger partial charge in [-0.25, -0.2) is 4.79 Å². The number of hydrogen-bond donors (Lipinski definition) is 0. The third kappa shape index (κ3) is 2.58. The zero-order chi connectivity index (χ0) is 9.68. The lowest BCUT2D eigenvalue weighted by Crippen LogP contribution is -1.94. The number of nitrogens with zero attached hydrogens (tertiary/aromatic N) is 1. The van der Waals surface area contributed by atoms with Gasteiger partial charge < -0.3 is 9.15 Å². The van der Waals surface area contributed by atoms with E-state index in [4.69, 9.17) is 4.42 Å². The molecule has 0 bridgehead atoms. The monoisotopic (exact) mass is 184 g/mol. The zero-order valence-corrected chi connectivity index (χ0v) is 6.56. The van der Waals surface area contributed by atoms with Gasteiger partial charge in [-0.3, -0.25) is 10.1 Å². The van der Waals surface area contributed by atoms with Crippen molar-refractivity contribution in [3.63, 3.8) is 0 Å². The molecule has 0 saturated heterocycles. The molecule has 0 aliphatic heterocycles. The van der Waals surface area contributed by atoms with Gasteiger partial charge in [0.05, 0.1) is 12.7 Å². The van der Waals surface area contributed by atoms with Crippen molar-refractivity contribution in [2.45, 2.75) is 6.42 Å². The van der Waals surface area contributed by atoms with E-state index in [1.54, 1.807) is 0 Å². The van der Waals surface area contributed by atoms with Gasteiger partial charge in [-0.05, 0) is 6.07 Å². The van der Waals surface area contributed by atoms with Crippen LogP contribution in [-0.4, -0.2) is 18.0 Å². The van der Waals surface area contributed by atoms with Gasteiger partial charge in [0, 0.05) is 6.42 Å². The number of carbonyl (C=O) groups excluding carboxylic acids is 1. The summed E-state index contributed by atoms with van der Waals surface area (Å²) in [6, 6.07) is 2.71. The number of furan rings is 1. The summed E-state index contributed by atoms with van der Waals surface area (Å²) in [5.74, 6) is 0.0898. The number of ether oxygens (including phenoxy) is 1. The van der Waals surface area contributed by atoms with E-state index in [1.807, 2.05) is 0 Å². The predicted octanol–water partition coefficient (Wildman–Crippen LogP) is 0.814. The van der Waals surface area contributed by atoms with E-state index in [-0.39, 0.29) is 12.5 Å². The second-order valence-electron chi connectivity index (χ2n) is 2.18. The average molecular weight is 184 g/mol. The molecule has 0 aliphatic carbocycles. The van der Waals surface area contributed by atoms with E-state index in [0.717, 1.165) is 0 Å². The van der Waals surface area contributed by atoms with Crippen LogP contribution in [0.15, 0.2) is 16.5 Å². The fourth-order valence-electron chi connectivity index (χ4n) is 0.792. The van der Waals surface area contributed by atoms with E-state index < -0.39 is 4.92 Å². The van der Waals surface area contributed by atoms with Crippen molar-refractivity contribution in [2.75, 3.05) is 6.61 Å². The van der Waals surface area contributed by atoms with Gasteiger partial charge in [0.1, 0.15) is 10.7 Å². The Kier molecular flexibility index (Phi) is 3.02. The molecule has 0 fully saturated rings. The summed E-state index contributed by atoms with van der Waals surface area (Å²) in [6.07, 6.45) is 0.309. The van der Waals surface area contributed by atoms with Gasteiger partial charge in [0.25, 0.3) is 0 Å². The molecular weight excluding hydrogens is 178 g/mol. The van der Waals surface area contributed by atoms with Crippen LogP contribution < -0.4 is 0 Å². The molecule has 6 heteroatoms. The van der Waals surface area contributed by atoms with Crippen LogP contribution in [0.5, 0.6) is 0 Å². The lowest BCUT2D eigenvalue weighted by molar-refractivity contribution is -0.402. The van der Waals surface area contributed by atoms with Crippen molar-refractivity contribution in [1.29, 1.82) is 0 Å². The number of hydrogen-bond acceptors (Lipinski definition) is 5. The highest BCUT2D eigenvalue weighted by Gasteiger charge is 2.11. The third-order valence-electron chi connectivity index (χ3n) is 1.34. The van der Waals surface area contributed by atoms with Gasteiger partial charge in [-0.2, -0.15) is 0 Å². The van der Waals surface area contributed by atoms with Crippen LogP contribution in [-0.2, 0) is 16.0 Å². The Morgan fingerprint density at radius 1 is 1.62 bits per heavy atom. The molecule has 0 aromatic carbocycles. The van der Waals surface area contributed by atoms with Crippen molar-refractivity contribution < 1.29 is 18.9 Å². The molecule has 13 heavy (non-hydrogen) atoms. The van der Waals surface area contributed by atoms with Crippen LogP contribution >= 0.6 is 0 Å². The summed E-state index contributed by atoms with van der Waals surface area (Å²) >= 11 is 0. The van der Waals surface area contributed by atoms with Gasteiger partial charge in [-0.15, -0.1) is 0 Å². The fourth-order valence-corrected chi connectivity index (χ4v) is 0.792. The smallest absolute Gasteiger partial charge is 0.433 e. The first-order chi connectivity index (χ1) is 6.24. The predicted molar refractivity (Wildman–Crippen MR) is 40.7 cm³/mol. The lowest BCUT2D eigenvalue weighted by Gasteiger charge is -1.92. The second-order valence-corrected chi connectivity index (χ2v) is 2.18. The SMILES string of the molecule is O=[C]OCCc1ccc([N+](=O)[O-])o1. The molecule has 0 N–H and O–H groups in total. The molecule has 1 radical (unpaired) electrons. The lowest BCUT2D eigenvalue weighted by atomic mass is 10.3. The van der Waals surface area contributed by atoms with Gasteiger partial charge in [-0.1, -0.05) is 0 Å². The van der Waals surface area contributed by atoms with Crippen molar-refractivity contribution in [2.24, 2.45) is 0 Å². The Bertz CT molecular complexity index is 306. The first kappa shape index (κ1) is 9.24. The molecule has 6 nitrogen and oxygen atoms in total. The molecule has 0 unspecified atom stereocenters. The maximum Gasteiger partial charge on any atom is 0.433 e. The Balaban J connectivity index is 2.49. The summed E-state index contributed by atoms with van der Waals surface area (Å²) in [5.41, 5.74) is 0. The first-order valence-corrected chi connectivity index (χ1v) is 3.46. The summed E-state index contributed by atoms with van der Waals surface area (Å²) in [6.45, 7) is 1.35. The molecule has 1 aromatic heterocycles. The zero-order valence-electron chi connectivity index (χ0n) is 6.56. The van der Waals surface area contributed by atoms with Crippen molar-refractivity contribution >= 4 is 12.4 Å². The largest absolute Gasteiger partial charge is 0.457 e. The molecule has 0 aliphatic rings. The average Bonchev–Trinajstić information content (AvgIpc) is 2.53. The highest BCUT2D eigenvalue weighted by atomic mass is 16.6. The van der Waals surface area contributed by atoms with E-state index in [0.29, 0.717) is 12.2 Å². The van der Waals surface area contributed by atoms with Crippen molar-refractivity contribution in [3.05, 3.63) is 28.0 Å². The number of rotatable bonds is 5. The molecule has 0 amide bonds. The summed E-state index contributed by atoms with van der Waals surface area (Å²) in [4.78, 5) is 19.2. The fraction of sp³-hybridized carbons (Fsp3) is 0.286. The highest BCUT2D eigenvalue weighted by molar-refractivity contribution is 5.38. The maximum absolute atomic E-state index is 10.2. The van der Waals surface area contributed by atoms with Crippen LogP contribution in [0.4, 0.5) is 5.88 Å². The minimum atomic E-state index is -0.629. The Hall–Kier alpha value is -1.85. The molecule has 0 atom stereocenters. The van der Waals surface area contributed by atoms with Crippen LogP contribution in [0.25, 0.3) is 0 Å². The Labute approximate surface area is 73.2 Å². The van der Waals surface area contributed by atoms with E-state index in [1.165, 1.54) is 18.6 Å². The molecule has 0 spiro atoms. The second kappa shape index (κ2) is 4.24. The normalized spacial score (nSPS) is 9.54. The maximum atomic E-state index is 10.2. The third-order valence-corrected chi connectivity index (χ3v) is 1.34. The molecule has 1 aromatic rings. The molecule has 1 heterocycles. The molecule has 69 valence electrons. The standard InChI is InChI=1S/C7H6NO5/c9-5-12-4-3-6-1-2-7(13-6)8(10)11/h1-2H,3-4H2. The first-order valence-electron chi connectivity index (χ1n) is 3.46. The van der Waals surface area contributed by atoms with E-state index in [9.17, 15) is 14.9 Å². The van der Waals surface area contributed by atoms with E-state index in [2.05, 4.69) is 4.74 Å². The van der Waals surface area contributed by atoms with Crippen LogP contribution in [0.1, 0.15) is 5.76 Å². The summed E-state index contributed by atoms with van der Waals surface area (Å²) in [5, 5.41) is 10.2. The molecule has 0 saturated carbocycles. The van der Waals surface area contributed by atoms with Gasteiger partial charge in [0.15, 0.2) is 0 Å². The van der Waals surface area contributed by atoms with Crippen LogP contribution in [0.2, 0.25) is 0 Å². The molecular formula is C7H6NO5. The topological polar surface area (TPSA) is 82.6 Å². The van der Waals surface area contributed by atoms with Gasteiger partial charge in [0.2, 0.25) is 0 Å². The van der Waals surface area contributed by atoms with Crippen molar-refractivity contribution in [3.8, 4) is 0 Å². The minimum absolute atomic E-state index is 0.105. The summed E-state index contributed by atoms with van der Waals surface area (Å²) < 4.78 is 9.05. The Morgan fingerprint density at radius 3 is 2.92 bits per heavy atom. The number of nitro groups is 1. The quantitative estimate of drug-likeness (QED) is 0.384. The van der Waals surface area contributed by atoms with E-state index >= 15 is 0 Å². The van der Waals surface area contributed by atoms with Crippen LogP contribution in [0, 0.1) is 10.1 Å². The van der Waals surface area contributed by atoms with Crippen molar-refractivity contribution in [1.82, 2.24) is 0 Å². The Morgan fingerprint density at radius 2 is 2.38 bits per heavy atom. The minimum Gasteiger partial charge on any atom is -0.457 e. The van der Waals surface area contributed by atoms with Crippen LogP contribution in [0.3, 0.4) is 0 Å².